The zero-order valence-corrected chi connectivity index (χ0v) is 47.5. The Labute approximate surface area is 445 Å². The molecule has 0 aromatic rings. The summed E-state index contributed by atoms with van der Waals surface area (Å²) in [5.41, 5.74) is 0. The molecule has 1 aliphatic heterocycles. The Morgan fingerprint density at radius 2 is 0.778 bits per heavy atom. The molecule has 72 heavy (non-hydrogen) atoms. The molecule has 1 saturated heterocycles. The molecule has 0 spiro atoms. The Morgan fingerprint density at radius 1 is 0.458 bits per heavy atom. The summed E-state index contributed by atoms with van der Waals surface area (Å²) < 4.78 is 11.3. The van der Waals surface area contributed by atoms with Crippen LogP contribution in [0.15, 0.2) is 24.3 Å². The van der Waals surface area contributed by atoms with Crippen molar-refractivity contribution in [2.75, 3.05) is 13.2 Å². The lowest BCUT2D eigenvalue weighted by atomic mass is 9.99. The highest BCUT2D eigenvalue weighted by Gasteiger charge is 2.44. The van der Waals surface area contributed by atoms with Gasteiger partial charge in [-0.3, -0.25) is 4.79 Å². The van der Waals surface area contributed by atoms with Crippen LogP contribution in [0, 0.1) is 0 Å². The van der Waals surface area contributed by atoms with Gasteiger partial charge in [-0.1, -0.05) is 289 Å². The number of rotatable bonds is 55. The number of nitrogens with one attached hydrogen (secondary N) is 1. The first-order valence-corrected chi connectivity index (χ1v) is 31.6. The number of aliphatic hydroxyl groups is 5. The van der Waals surface area contributed by atoms with Crippen molar-refractivity contribution in [2.24, 2.45) is 0 Å². The van der Waals surface area contributed by atoms with Crippen LogP contribution in [0.5, 0.6) is 0 Å². The fourth-order valence-corrected chi connectivity index (χ4v) is 10.3. The molecule has 9 nitrogen and oxygen atoms in total. The highest BCUT2D eigenvalue weighted by atomic mass is 16.7. The highest BCUT2D eigenvalue weighted by Crippen LogP contribution is 2.23. The van der Waals surface area contributed by atoms with Crippen LogP contribution in [0.4, 0.5) is 0 Å². The maximum absolute atomic E-state index is 13.1. The molecule has 7 atom stereocenters. The number of unbranched alkanes of at least 4 members (excludes halogenated alkanes) is 43. The quantitative estimate of drug-likeness (QED) is 0.0261. The molecule has 426 valence electrons. The van der Waals surface area contributed by atoms with Crippen molar-refractivity contribution in [3.8, 4) is 0 Å². The van der Waals surface area contributed by atoms with Crippen molar-refractivity contribution >= 4 is 5.91 Å². The third-order valence-electron chi connectivity index (χ3n) is 15.3. The van der Waals surface area contributed by atoms with E-state index in [1.807, 2.05) is 6.08 Å². The molecule has 6 N–H and O–H groups in total. The van der Waals surface area contributed by atoms with Gasteiger partial charge in [0.05, 0.1) is 25.4 Å². The molecular formula is C63H121NO8. The molecule has 9 heteroatoms. The van der Waals surface area contributed by atoms with Crippen molar-refractivity contribution in [3.63, 3.8) is 0 Å². The Kier molecular flexibility index (Phi) is 50.6. The number of amides is 1. The van der Waals surface area contributed by atoms with Crippen LogP contribution in [0.3, 0.4) is 0 Å². The zero-order chi connectivity index (χ0) is 52.2. The fourth-order valence-electron chi connectivity index (χ4n) is 10.3. The largest absolute Gasteiger partial charge is 0.394 e. The van der Waals surface area contributed by atoms with Gasteiger partial charge in [0.1, 0.15) is 24.4 Å². The van der Waals surface area contributed by atoms with E-state index < -0.39 is 49.5 Å². The topological polar surface area (TPSA) is 149 Å². The van der Waals surface area contributed by atoms with E-state index in [1.165, 1.54) is 257 Å². The standard InChI is InChI=1S/C63H121NO8/c1-3-5-7-9-11-13-15-17-19-21-23-25-26-27-28-29-30-31-32-33-35-37-39-41-43-45-47-49-51-53-59(67)64-56(55-71-63-62(70)61(69)60(68)58(54-65)72-63)57(66)52-50-48-46-44-42-40-38-36-34-24-22-20-18-16-14-12-10-8-6-4-2/h21,23,50,52,56-58,60-63,65-66,68-70H,3-20,22,24-49,51,53-55H2,1-2H3,(H,64,67)/b23-21-,52-50+. The van der Waals surface area contributed by atoms with Gasteiger partial charge in [0, 0.05) is 6.42 Å². The van der Waals surface area contributed by atoms with E-state index in [-0.39, 0.29) is 12.5 Å². The average Bonchev–Trinajstić information content (AvgIpc) is 3.38. The first kappa shape index (κ1) is 68.7. The predicted octanol–water partition coefficient (Wildman–Crippen LogP) is 16.1. The normalized spacial score (nSPS) is 19.2. The lowest BCUT2D eigenvalue weighted by molar-refractivity contribution is -0.302. The molecule has 7 unspecified atom stereocenters. The van der Waals surface area contributed by atoms with E-state index in [0.29, 0.717) is 6.42 Å². The molecule has 0 aliphatic carbocycles. The summed E-state index contributed by atoms with van der Waals surface area (Å²) in [7, 11) is 0. The summed E-state index contributed by atoms with van der Waals surface area (Å²) in [5.74, 6) is -0.170. The Morgan fingerprint density at radius 3 is 1.12 bits per heavy atom. The Bertz CT molecular complexity index is 1180. The van der Waals surface area contributed by atoms with Gasteiger partial charge in [-0.15, -0.1) is 0 Å². The van der Waals surface area contributed by atoms with Crippen molar-refractivity contribution in [1.82, 2.24) is 5.32 Å². The van der Waals surface area contributed by atoms with Crippen molar-refractivity contribution in [1.29, 1.82) is 0 Å². The van der Waals surface area contributed by atoms with Crippen LogP contribution >= 0.6 is 0 Å². The molecule has 0 saturated carbocycles. The number of carbonyl (C=O) groups is 1. The van der Waals surface area contributed by atoms with E-state index >= 15 is 0 Å². The van der Waals surface area contributed by atoms with Crippen molar-refractivity contribution in [3.05, 3.63) is 24.3 Å². The van der Waals surface area contributed by atoms with E-state index in [2.05, 4.69) is 31.3 Å². The molecule has 1 amide bonds. The fraction of sp³-hybridized carbons (Fsp3) is 0.921. The lowest BCUT2D eigenvalue weighted by Gasteiger charge is -2.40. The van der Waals surface area contributed by atoms with E-state index in [0.717, 1.165) is 38.5 Å². The second-order valence-corrected chi connectivity index (χ2v) is 22.2. The van der Waals surface area contributed by atoms with Gasteiger partial charge in [-0.25, -0.2) is 0 Å². The molecule has 0 aromatic heterocycles. The molecule has 1 rings (SSSR count). The molecule has 0 radical (unpaired) electrons. The van der Waals surface area contributed by atoms with Gasteiger partial charge in [-0.2, -0.15) is 0 Å². The van der Waals surface area contributed by atoms with Crippen LogP contribution in [-0.4, -0.2) is 87.5 Å². The average molecular weight is 1020 g/mol. The molecule has 1 aliphatic rings. The van der Waals surface area contributed by atoms with Gasteiger partial charge in [-0.05, 0) is 44.9 Å². The smallest absolute Gasteiger partial charge is 0.220 e. The predicted molar refractivity (Wildman–Crippen MR) is 304 cm³/mol. The summed E-state index contributed by atoms with van der Waals surface area (Å²) in [6.45, 7) is 3.82. The van der Waals surface area contributed by atoms with Crippen LogP contribution in [0.1, 0.15) is 316 Å². The van der Waals surface area contributed by atoms with Gasteiger partial charge >= 0.3 is 0 Å². The number of allylic oxidation sites excluding steroid dienone is 3. The first-order chi connectivity index (χ1) is 35.3. The molecule has 0 bridgehead atoms. The molecule has 1 fully saturated rings. The summed E-state index contributed by atoms with van der Waals surface area (Å²) in [6, 6.07) is -0.803. The van der Waals surface area contributed by atoms with E-state index in [4.69, 9.17) is 9.47 Å². The van der Waals surface area contributed by atoms with Crippen molar-refractivity contribution < 1.29 is 39.8 Å². The van der Waals surface area contributed by atoms with Crippen LogP contribution in [0.25, 0.3) is 0 Å². The van der Waals surface area contributed by atoms with Crippen molar-refractivity contribution in [2.45, 2.75) is 358 Å². The lowest BCUT2D eigenvalue weighted by Crippen LogP contribution is -2.60. The number of carbonyl (C=O) groups excluding carboxylic acids is 1. The zero-order valence-electron chi connectivity index (χ0n) is 47.5. The second-order valence-electron chi connectivity index (χ2n) is 22.2. The van der Waals surface area contributed by atoms with Crippen LogP contribution in [-0.2, 0) is 14.3 Å². The highest BCUT2D eigenvalue weighted by molar-refractivity contribution is 5.76. The summed E-state index contributed by atoms with van der Waals surface area (Å²) in [6.07, 6.45) is 61.2. The van der Waals surface area contributed by atoms with Gasteiger partial charge < -0.3 is 40.3 Å². The number of ether oxygens (including phenoxy) is 2. The third-order valence-corrected chi connectivity index (χ3v) is 15.3. The molecule has 1 heterocycles. The maximum Gasteiger partial charge on any atom is 0.220 e. The van der Waals surface area contributed by atoms with Gasteiger partial charge in [0.25, 0.3) is 0 Å². The first-order valence-electron chi connectivity index (χ1n) is 31.6. The third kappa shape index (κ3) is 41.9. The molecule has 0 aromatic carbocycles. The second kappa shape index (κ2) is 53.1. The minimum atomic E-state index is -1.56. The minimum absolute atomic E-state index is 0.170. The van der Waals surface area contributed by atoms with Crippen LogP contribution < -0.4 is 5.32 Å². The number of hydrogen-bond donors (Lipinski definition) is 6. The summed E-state index contributed by atoms with van der Waals surface area (Å²) >= 11 is 0. The van der Waals surface area contributed by atoms with E-state index in [1.54, 1.807) is 6.08 Å². The Balaban J connectivity index is 2.16. The summed E-state index contributed by atoms with van der Waals surface area (Å²) in [4.78, 5) is 13.1. The van der Waals surface area contributed by atoms with Gasteiger partial charge in [0.2, 0.25) is 5.91 Å². The minimum Gasteiger partial charge on any atom is -0.394 e. The Hall–Kier alpha value is -1.33. The summed E-state index contributed by atoms with van der Waals surface area (Å²) in [5, 5.41) is 54.6. The van der Waals surface area contributed by atoms with E-state index in [9.17, 15) is 30.3 Å². The number of aliphatic hydroxyl groups excluding tert-OH is 5. The monoisotopic (exact) mass is 1020 g/mol. The van der Waals surface area contributed by atoms with Gasteiger partial charge in [0.15, 0.2) is 6.29 Å². The maximum atomic E-state index is 13.1. The molecular weight excluding hydrogens is 899 g/mol. The SMILES string of the molecule is CCCCCCCCCC/C=C\CCCCCCCCCCCCCCCCCCCC(=O)NC(COC1OC(CO)C(O)C(O)C1O)C(O)/C=C/CCCCCCCCCCCCCCCCCCCC. The number of hydrogen-bond acceptors (Lipinski definition) is 8. The van der Waals surface area contributed by atoms with Crippen LogP contribution in [0.2, 0.25) is 0 Å².